The van der Waals surface area contributed by atoms with Gasteiger partial charge in [-0.15, -0.1) is 0 Å². The number of aliphatic hydroxyl groups excluding tert-OH is 1. The maximum Gasteiger partial charge on any atom is 0.0804 e. The quantitative estimate of drug-likeness (QED) is 0.214. The molecule has 6 nitrogen and oxygen atoms in total. The van der Waals surface area contributed by atoms with E-state index in [1.165, 1.54) is 0 Å². The van der Waals surface area contributed by atoms with Crippen LogP contribution in [0.15, 0.2) is 138 Å². The van der Waals surface area contributed by atoms with Crippen LogP contribution >= 0.6 is 12.2 Å². The molecule has 5 heterocycles. The predicted octanol–water partition coefficient (Wildman–Crippen LogP) is 7.54. The summed E-state index contributed by atoms with van der Waals surface area (Å²) in [7, 11) is 0. The number of rotatable bonds is 7. The smallest absolute Gasteiger partial charge is 0.0804 e. The summed E-state index contributed by atoms with van der Waals surface area (Å²) in [5.74, 6) is 0. The van der Waals surface area contributed by atoms with E-state index in [1.54, 1.807) is 6.92 Å². The number of thiocarbonyl (C=S) groups is 1. The molecule has 0 fully saturated rings. The van der Waals surface area contributed by atoms with E-state index < -0.39 is 6.10 Å². The Morgan fingerprint density at radius 3 is 2.32 bits per heavy atom. The van der Waals surface area contributed by atoms with E-state index in [0.717, 1.165) is 88.0 Å². The van der Waals surface area contributed by atoms with Crippen molar-refractivity contribution in [3.8, 4) is 0 Å². The minimum Gasteiger partial charge on any atom is -0.389 e. The Kier molecular flexibility index (Phi) is 7.57. The molecule has 5 aliphatic rings. The highest BCUT2D eigenvalue weighted by Gasteiger charge is 2.25. The molecule has 0 saturated heterocycles. The molecule has 1 aromatic carbocycles. The molecule has 0 saturated carbocycles. The van der Waals surface area contributed by atoms with Crippen molar-refractivity contribution in [2.45, 2.75) is 45.6 Å². The Morgan fingerprint density at radius 2 is 1.54 bits per heavy atom. The Hall–Kier alpha value is -4.42. The van der Waals surface area contributed by atoms with Crippen LogP contribution in [0.2, 0.25) is 0 Å². The number of benzene rings is 1. The topological polar surface area (TPSA) is 82.0 Å². The van der Waals surface area contributed by atoms with Gasteiger partial charge in [-0.3, -0.25) is 0 Å². The molecule has 1 atom stereocenters. The fourth-order valence-corrected chi connectivity index (χ4v) is 5.49. The van der Waals surface area contributed by atoms with Crippen molar-refractivity contribution in [2.75, 3.05) is 0 Å². The fourth-order valence-electron chi connectivity index (χ4n) is 5.39. The molecule has 0 aromatic heterocycles. The maximum absolute atomic E-state index is 10.9. The van der Waals surface area contributed by atoms with E-state index in [4.69, 9.17) is 32.2 Å². The average Bonchev–Trinajstić information content (AvgIpc) is 3.78. The number of fused-ring (bicyclic) bond motifs is 4. The molecule has 0 amide bonds. The van der Waals surface area contributed by atoms with Crippen LogP contribution in [0.5, 0.6) is 0 Å². The molecule has 1 N–H and O–H groups in total. The summed E-state index contributed by atoms with van der Waals surface area (Å²) in [5, 5.41) is 13.3. The van der Waals surface area contributed by atoms with Gasteiger partial charge in [0.25, 0.3) is 0 Å². The first-order valence-electron chi connectivity index (χ1n) is 13.9. The minimum atomic E-state index is -0.764. The number of aliphatic hydroxyl groups is 1. The van der Waals surface area contributed by atoms with E-state index in [9.17, 15) is 5.11 Å². The summed E-state index contributed by atoms with van der Waals surface area (Å²) < 4.78 is 0. The first-order chi connectivity index (χ1) is 20.0. The summed E-state index contributed by atoms with van der Waals surface area (Å²) in [6, 6.07) is 7.76. The van der Waals surface area contributed by atoms with E-state index >= 15 is 0 Å². The van der Waals surface area contributed by atoms with Crippen molar-refractivity contribution in [2.24, 2.45) is 25.0 Å². The van der Waals surface area contributed by atoms with Crippen molar-refractivity contribution < 1.29 is 5.11 Å². The third-order valence-corrected chi connectivity index (χ3v) is 7.45. The summed E-state index contributed by atoms with van der Waals surface area (Å²) in [6.07, 6.45) is 21.5. The van der Waals surface area contributed by atoms with Gasteiger partial charge in [-0.05, 0) is 104 Å². The van der Waals surface area contributed by atoms with Gasteiger partial charge in [-0.2, -0.15) is 4.99 Å². The van der Waals surface area contributed by atoms with Crippen LogP contribution in [0.25, 0.3) is 5.57 Å². The second kappa shape index (κ2) is 11.6. The lowest BCUT2D eigenvalue weighted by molar-refractivity contribution is 0.237. The second-order valence-electron chi connectivity index (χ2n) is 10.2. The van der Waals surface area contributed by atoms with Crippen LogP contribution in [0, 0.1) is 0 Å². The molecule has 0 spiro atoms. The molecule has 41 heavy (non-hydrogen) atoms. The van der Waals surface area contributed by atoms with Gasteiger partial charge in [0, 0.05) is 16.7 Å². The largest absolute Gasteiger partial charge is 0.389 e. The molecule has 6 rings (SSSR count). The molecule has 0 radical (unpaired) electrons. The lowest BCUT2D eigenvalue weighted by atomic mass is 9.98. The van der Waals surface area contributed by atoms with E-state index in [1.807, 2.05) is 72.9 Å². The lowest BCUT2D eigenvalue weighted by Gasteiger charge is -2.12. The highest BCUT2D eigenvalue weighted by molar-refractivity contribution is 7.78. The molecular formula is C34H29N5OS. The molecule has 202 valence electrons. The first kappa shape index (κ1) is 26.8. The van der Waals surface area contributed by atoms with E-state index in [-0.39, 0.29) is 0 Å². The maximum atomic E-state index is 10.9. The predicted molar refractivity (Wildman–Crippen MR) is 172 cm³/mol. The molecule has 1 unspecified atom stereocenters. The molecule has 1 aromatic rings. The normalized spacial score (nSPS) is 19.4. The van der Waals surface area contributed by atoms with Crippen molar-refractivity contribution in [3.63, 3.8) is 0 Å². The number of aliphatic imine (C=N–C) groups is 5. The number of allylic oxidation sites excluding steroid dienone is 11. The Bertz CT molecular complexity index is 1740. The minimum absolute atomic E-state index is 0.686. The van der Waals surface area contributed by atoms with Crippen LogP contribution in [-0.2, 0) is 0 Å². The third kappa shape index (κ3) is 5.48. The molecule has 8 bridgehead atoms. The summed E-state index contributed by atoms with van der Waals surface area (Å²) in [4.78, 5) is 24.1. The number of hydrogen-bond donors (Lipinski definition) is 1. The average molecular weight is 556 g/mol. The van der Waals surface area contributed by atoms with Gasteiger partial charge < -0.3 is 5.11 Å². The lowest BCUT2D eigenvalue weighted by Crippen LogP contribution is -2.14. The van der Waals surface area contributed by atoms with E-state index in [0.29, 0.717) is 11.3 Å². The van der Waals surface area contributed by atoms with Crippen molar-refractivity contribution >= 4 is 51.5 Å². The molecular weight excluding hydrogens is 526 g/mol. The highest BCUT2D eigenvalue weighted by atomic mass is 32.1. The molecule has 0 aliphatic carbocycles. The van der Waals surface area contributed by atoms with Crippen molar-refractivity contribution in [1.82, 2.24) is 0 Å². The van der Waals surface area contributed by atoms with Gasteiger partial charge in [0.05, 0.1) is 62.6 Å². The Morgan fingerprint density at radius 1 is 0.805 bits per heavy atom. The number of unbranched alkanes of at least 4 members (excludes halogenated alkanes) is 2. The zero-order valence-electron chi connectivity index (χ0n) is 23.0. The third-order valence-electron chi connectivity index (χ3n) is 7.36. The van der Waals surface area contributed by atoms with Crippen LogP contribution in [-0.4, -0.2) is 39.2 Å². The SMILES string of the molecule is CCCCCC1=C2C=CC(=N2)C(C(C)O)=C2C=CC(=N2)C(c2ccc(N=C=S)cc2)=C2C=CC(=N2)C=C2C=CC1=N2. The monoisotopic (exact) mass is 555 g/mol. The van der Waals surface area contributed by atoms with E-state index in [2.05, 4.69) is 23.2 Å². The summed E-state index contributed by atoms with van der Waals surface area (Å²) in [6.45, 7) is 3.96. The summed E-state index contributed by atoms with van der Waals surface area (Å²) in [5.41, 5.74) is 10.8. The number of hydrogen-bond acceptors (Lipinski definition) is 7. The first-order valence-corrected chi connectivity index (χ1v) is 14.3. The fraction of sp³-hybridized carbons (Fsp3) is 0.206. The number of isothiocyanates is 1. The zero-order valence-corrected chi connectivity index (χ0v) is 23.8. The Balaban J connectivity index is 1.56. The van der Waals surface area contributed by atoms with Gasteiger partial charge in [0.15, 0.2) is 0 Å². The van der Waals surface area contributed by atoms with Crippen LogP contribution in [0.1, 0.15) is 45.1 Å². The zero-order chi connectivity index (χ0) is 28.3. The standard InChI is InChI=1S/C34H29N5OS/c1-3-4-5-6-26-27-13-11-24(36-27)19-25-12-14-31(37-25)34(22-7-9-23(10-8-22)35-20-41)32-18-17-30(39-32)33(21(2)40)29-16-15-28(26)38-29/h7-19,21,40H,3-6H2,1-2H3. The van der Waals surface area contributed by atoms with Gasteiger partial charge in [0.1, 0.15) is 0 Å². The molecule has 5 aliphatic heterocycles. The van der Waals surface area contributed by atoms with Crippen LogP contribution < -0.4 is 0 Å². The molecule has 7 heteroatoms. The van der Waals surface area contributed by atoms with Crippen molar-refractivity contribution in [1.29, 1.82) is 0 Å². The van der Waals surface area contributed by atoms with Crippen LogP contribution in [0.4, 0.5) is 5.69 Å². The van der Waals surface area contributed by atoms with Gasteiger partial charge in [-0.25, -0.2) is 20.0 Å². The number of nitrogens with zero attached hydrogens (tertiary/aromatic N) is 5. The highest BCUT2D eigenvalue weighted by Crippen LogP contribution is 2.34. The second-order valence-corrected chi connectivity index (χ2v) is 10.4. The van der Waals surface area contributed by atoms with Crippen LogP contribution in [0.3, 0.4) is 0 Å². The summed E-state index contributed by atoms with van der Waals surface area (Å²) >= 11 is 4.77. The van der Waals surface area contributed by atoms with Gasteiger partial charge >= 0.3 is 0 Å². The Labute approximate surface area is 245 Å². The van der Waals surface area contributed by atoms with Gasteiger partial charge in [0.2, 0.25) is 0 Å². The van der Waals surface area contributed by atoms with Gasteiger partial charge in [-0.1, -0.05) is 31.9 Å². The van der Waals surface area contributed by atoms with Crippen molar-refractivity contribution in [3.05, 3.63) is 118 Å².